The summed E-state index contributed by atoms with van der Waals surface area (Å²) in [5, 5.41) is 0. The van der Waals surface area contributed by atoms with E-state index in [4.69, 9.17) is 0 Å². The zero-order valence-electron chi connectivity index (χ0n) is 10.7. The van der Waals surface area contributed by atoms with Crippen LogP contribution < -0.4 is 0 Å². The van der Waals surface area contributed by atoms with Gasteiger partial charge in [-0.3, -0.25) is 0 Å². The molecule has 0 heteroatoms. The Kier molecular flexibility index (Phi) is 5.52. The molecule has 0 aliphatic carbocycles. The Morgan fingerprint density at radius 1 is 0.875 bits per heavy atom. The summed E-state index contributed by atoms with van der Waals surface area (Å²) in [7, 11) is 0. The lowest BCUT2D eigenvalue weighted by Crippen LogP contribution is -2.10. The first-order valence-corrected chi connectivity index (χ1v) is 5.37. The molecule has 0 spiro atoms. The zero-order chi connectivity index (χ0) is 12.8. The Morgan fingerprint density at radius 2 is 1.44 bits per heavy atom. The fraction of sp³-hybridized carbons (Fsp3) is 0.250. The molecule has 0 atom stereocenters. The van der Waals surface area contributed by atoms with Crippen molar-refractivity contribution >= 4 is 0 Å². The van der Waals surface area contributed by atoms with Gasteiger partial charge in [-0.05, 0) is 22.1 Å². The van der Waals surface area contributed by atoms with Gasteiger partial charge in [0.05, 0.1) is 0 Å². The third-order valence-electron chi connectivity index (χ3n) is 2.33. The predicted molar refractivity (Wildman–Crippen MR) is 75.4 cm³/mol. The van der Waals surface area contributed by atoms with Crippen molar-refractivity contribution in [3.8, 4) is 0 Å². The van der Waals surface area contributed by atoms with Gasteiger partial charge in [0.25, 0.3) is 0 Å². The molecule has 0 N–H and O–H groups in total. The van der Waals surface area contributed by atoms with E-state index in [1.54, 1.807) is 6.08 Å². The van der Waals surface area contributed by atoms with Gasteiger partial charge in [0.2, 0.25) is 0 Å². The SMILES string of the molecule is C=C/C=C(C=C)\C(C=C)=C(/C=C)C(C)(C)C. The molecule has 0 bridgehead atoms. The third kappa shape index (κ3) is 3.54. The second-order valence-corrected chi connectivity index (χ2v) is 4.55. The molecule has 0 nitrogen and oxygen atoms in total. The fourth-order valence-electron chi connectivity index (χ4n) is 1.60. The molecular formula is C16H22. The molecule has 0 aliphatic rings. The Hall–Kier alpha value is -1.56. The van der Waals surface area contributed by atoms with Crippen LogP contribution in [0.5, 0.6) is 0 Å². The van der Waals surface area contributed by atoms with E-state index in [9.17, 15) is 0 Å². The van der Waals surface area contributed by atoms with Gasteiger partial charge in [-0.25, -0.2) is 0 Å². The molecule has 0 aromatic carbocycles. The van der Waals surface area contributed by atoms with Crippen LogP contribution in [0.3, 0.4) is 0 Å². The molecule has 0 aromatic rings. The standard InChI is InChI=1S/C16H22/c1-8-12-13(9-2)14(10-3)15(11-4)16(5,6)7/h8-12H,1-4H2,5-7H3/b13-12-,15-14+. The minimum atomic E-state index is 0.0363. The Bertz CT molecular complexity index is 354. The normalized spacial score (nSPS) is 13.8. The molecule has 0 saturated carbocycles. The van der Waals surface area contributed by atoms with Crippen molar-refractivity contribution in [2.45, 2.75) is 20.8 Å². The van der Waals surface area contributed by atoms with Crippen LogP contribution in [-0.2, 0) is 0 Å². The molecule has 0 saturated heterocycles. The Balaban J connectivity index is 5.88. The van der Waals surface area contributed by atoms with Crippen LogP contribution in [0.15, 0.2) is 73.4 Å². The topological polar surface area (TPSA) is 0 Å². The molecular weight excluding hydrogens is 192 g/mol. The largest absolute Gasteiger partial charge is 0.0990 e. The van der Waals surface area contributed by atoms with Gasteiger partial charge in [-0.15, -0.1) is 0 Å². The van der Waals surface area contributed by atoms with Crippen molar-refractivity contribution < 1.29 is 0 Å². The van der Waals surface area contributed by atoms with Crippen molar-refractivity contribution in [3.05, 3.63) is 73.4 Å². The third-order valence-corrected chi connectivity index (χ3v) is 2.33. The van der Waals surface area contributed by atoms with Gasteiger partial charge in [0.1, 0.15) is 0 Å². The second kappa shape index (κ2) is 6.12. The van der Waals surface area contributed by atoms with Crippen LogP contribution in [0.25, 0.3) is 0 Å². The van der Waals surface area contributed by atoms with Crippen LogP contribution in [0.4, 0.5) is 0 Å². The van der Waals surface area contributed by atoms with Gasteiger partial charge in [0.15, 0.2) is 0 Å². The first-order valence-electron chi connectivity index (χ1n) is 5.37. The predicted octanol–water partition coefficient (Wildman–Crippen LogP) is 5.00. The van der Waals surface area contributed by atoms with E-state index in [0.29, 0.717) is 0 Å². The summed E-state index contributed by atoms with van der Waals surface area (Å²) in [4.78, 5) is 0. The first-order chi connectivity index (χ1) is 7.42. The molecule has 0 aliphatic heterocycles. The molecule has 16 heavy (non-hydrogen) atoms. The first kappa shape index (κ1) is 14.4. The number of rotatable bonds is 5. The fourth-order valence-corrected chi connectivity index (χ4v) is 1.60. The molecule has 86 valence electrons. The lowest BCUT2D eigenvalue weighted by molar-refractivity contribution is 0.514. The van der Waals surface area contributed by atoms with E-state index in [0.717, 1.165) is 16.7 Å². The summed E-state index contributed by atoms with van der Waals surface area (Å²) in [5.41, 5.74) is 3.29. The van der Waals surface area contributed by atoms with Crippen molar-refractivity contribution in [1.82, 2.24) is 0 Å². The van der Waals surface area contributed by atoms with Crippen molar-refractivity contribution in [2.24, 2.45) is 5.41 Å². The lowest BCUT2D eigenvalue weighted by atomic mass is 9.81. The maximum atomic E-state index is 3.88. The average molecular weight is 214 g/mol. The Morgan fingerprint density at radius 3 is 1.69 bits per heavy atom. The molecule has 0 unspecified atom stereocenters. The minimum Gasteiger partial charge on any atom is -0.0990 e. The van der Waals surface area contributed by atoms with Gasteiger partial charge in [-0.1, -0.05) is 77.5 Å². The second-order valence-electron chi connectivity index (χ2n) is 4.55. The highest BCUT2D eigenvalue weighted by atomic mass is 14.2. The lowest BCUT2D eigenvalue weighted by Gasteiger charge is -2.23. The van der Waals surface area contributed by atoms with Crippen molar-refractivity contribution in [3.63, 3.8) is 0 Å². The summed E-state index contributed by atoms with van der Waals surface area (Å²) in [6.07, 6.45) is 9.23. The monoisotopic (exact) mass is 214 g/mol. The van der Waals surface area contributed by atoms with Crippen LogP contribution in [0, 0.1) is 5.41 Å². The summed E-state index contributed by atoms with van der Waals surface area (Å²) in [6, 6.07) is 0. The molecule has 0 radical (unpaired) electrons. The van der Waals surface area contributed by atoms with E-state index in [1.165, 1.54) is 0 Å². The van der Waals surface area contributed by atoms with Crippen LogP contribution in [0.2, 0.25) is 0 Å². The molecule has 0 fully saturated rings. The smallest absolute Gasteiger partial charge is 0.0126 e. The highest BCUT2D eigenvalue weighted by molar-refractivity contribution is 5.53. The van der Waals surface area contributed by atoms with Crippen LogP contribution in [0.1, 0.15) is 20.8 Å². The van der Waals surface area contributed by atoms with Crippen LogP contribution in [-0.4, -0.2) is 0 Å². The molecule has 0 heterocycles. The van der Waals surface area contributed by atoms with Gasteiger partial charge in [-0.2, -0.15) is 0 Å². The zero-order valence-corrected chi connectivity index (χ0v) is 10.7. The quantitative estimate of drug-likeness (QED) is 0.565. The minimum absolute atomic E-state index is 0.0363. The summed E-state index contributed by atoms with van der Waals surface area (Å²) in [6.45, 7) is 21.7. The van der Waals surface area contributed by atoms with E-state index in [-0.39, 0.29) is 5.41 Å². The summed E-state index contributed by atoms with van der Waals surface area (Å²) >= 11 is 0. The average Bonchev–Trinajstić information content (AvgIpc) is 2.21. The van der Waals surface area contributed by atoms with Crippen molar-refractivity contribution in [1.29, 1.82) is 0 Å². The van der Waals surface area contributed by atoms with E-state index >= 15 is 0 Å². The molecule has 0 aromatic heterocycles. The number of hydrogen-bond acceptors (Lipinski definition) is 0. The highest BCUT2D eigenvalue weighted by Crippen LogP contribution is 2.32. The van der Waals surface area contributed by atoms with Crippen LogP contribution >= 0.6 is 0 Å². The van der Waals surface area contributed by atoms with Gasteiger partial charge < -0.3 is 0 Å². The highest BCUT2D eigenvalue weighted by Gasteiger charge is 2.18. The number of allylic oxidation sites excluding steroid dienone is 8. The van der Waals surface area contributed by atoms with Gasteiger partial charge in [0, 0.05) is 0 Å². The molecule has 0 rings (SSSR count). The number of hydrogen-bond donors (Lipinski definition) is 0. The Labute approximate surface area is 100 Å². The van der Waals surface area contributed by atoms with E-state index in [1.807, 2.05) is 24.3 Å². The maximum Gasteiger partial charge on any atom is -0.0126 e. The molecule has 0 amide bonds. The summed E-state index contributed by atoms with van der Waals surface area (Å²) < 4.78 is 0. The maximum absolute atomic E-state index is 3.88. The van der Waals surface area contributed by atoms with Gasteiger partial charge >= 0.3 is 0 Å². The van der Waals surface area contributed by atoms with E-state index in [2.05, 4.69) is 47.1 Å². The summed E-state index contributed by atoms with van der Waals surface area (Å²) in [5.74, 6) is 0. The van der Waals surface area contributed by atoms with Crippen molar-refractivity contribution in [2.75, 3.05) is 0 Å². The van der Waals surface area contributed by atoms with E-state index < -0.39 is 0 Å².